The van der Waals surface area contributed by atoms with Crippen molar-refractivity contribution in [3.05, 3.63) is 11.1 Å². The van der Waals surface area contributed by atoms with Gasteiger partial charge in [0.1, 0.15) is 0 Å². The van der Waals surface area contributed by atoms with Gasteiger partial charge in [0.05, 0.1) is 0 Å². The summed E-state index contributed by atoms with van der Waals surface area (Å²) in [6.07, 6.45) is 4.84. The van der Waals surface area contributed by atoms with E-state index >= 15 is 0 Å². The Morgan fingerprint density at radius 2 is 1.57 bits per heavy atom. The molecule has 0 unspecified atom stereocenters. The summed E-state index contributed by atoms with van der Waals surface area (Å²) in [5.41, 5.74) is 3.30. The van der Waals surface area contributed by atoms with Crippen molar-refractivity contribution in [2.75, 3.05) is 27.2 Å². The molecule has 0 N–H and O–H groups in total. The smallest absolute Gasteiger partial charge is 0.319 e. The van der Waals surface area contributed by atoms with Gasteiger partial charge in [0.2, 0.25) is 0 Å². The minimum absolute atomic E-state index is 0.157. The molecule has 0 aromatic carbocycles. The van der Waals surface area contributed by atoms with E-state index in [9.17, 15) is 4.79 Å². The summed E-state index contributed by atoms with van der Waals surface area (Å²) in [6.45, 7) is 1.83. The highest BCUT2D eigenvalue weighted by Crippen LogP contribution is 2.36. The van der Waals surface area contributed by atoms with Crippen LogP contribution in [0, 0.1) is 0 Å². The minimum atomic E-state index is 0.157. The molecule has 1 saturated heterocycles. The first kappa shape index (κ1) is 9.56. The number of piperidine rings is 1. The first-order valence-electron chi connectivity index (χ1n) is 5.34. The SMILES string of the molecule is CN(C)C(=O)N1CCC(=C2CC2)CC1. The number of nitrogens with zero attached hydrogens (tertiary/aromatic N) is 2. The van der Waals surface area contributed by atoms with E-state index in [1.54, 1.807) is 16.0 Å². The number of hydrogen-bond acceptors (Lipinski definition) is 1. The molecule has 2 aliphatic rings. The second-order valence-electron chi connectivity index (χ2n) is 4.37. The van der Waals surface area contributed by atoms with E-state index in [0.717, 1.165) is 25.9 Å². The maximum atomic E-state index is 11.6. The molecule has 1 saturated carbocycles. The summed E-state index contributed by atoms with van der Waals surface area (Å²) in [4.78, 5) is 15.2. The van der Waals surface area contributed by atoms with Gasteiger partial charge in [0, 0.05) is 27.2 Å². The Morgan fingerprint density at radius 3 is 2.00 bits per heavy atom. The summed E-state index contributed by atoms with van der Waals surface area (Å²) < 4.78 is 0. The molecule has 0 bridgehead atoms. The predicted octanol–water partition coefficient (Wildman–Crippen LogP) is 1.85. The van der Waals surface area contributed by atoms with Crippen molar-refractivity contribution in [1.29, 1.82) is 0 Å². The number of urea groups is 1. The van der Waals surface area contributed by atoms with Crippen molar-refractivity contribution < 1.29 is 4.79 Å². The second kappa shape index (κ2) is 3.64. The van der Waals surface area contributed by atoms with Crippen LogP contribution in [0.3, 0.4) is 0 Å². The average Bonchev–Trinajstić information content (AvgIpc) is 3.00. The molecule has 0 spiro atoms. The predicted molar refractivity (Wildman–Crippen MR) is 56.2 cm³/mol. The molecular weight excluding hydrogens is 176 g/mol. The van der Waals surface area contributed by atoms with Gasteiger partial charge in [-0.25, -0.2) is 4.79 Å². The molecule has 1 aliphatic heterocycles. The first-order valence-corrected chi connectivity index (χ1v) is 5.34. The number of rotatable bonds is 0. The summed E-state index contributed by atoms with van der Waals surface area (Å²) in [5, 5.41) is 0. The number of amides is 2. The van der Waals surface area contributed by atoms with Crippen LogP contribution < -0.4 is 0 Å². The molecular formula is C11H18N2O. The molecule has 2 rings (SSSR count). The quantitative estimate of drug-likeness (QED) is 0.540. The molecule has 0 atom stereocenters. The van der Waals surface area contributed by atoms with Gasteiger partial charge in [-0.1, -0.05) is 11.1 Å². The highest BCUT2D eigenvalue weighted by Gasteiger charge is 2.24. The molecule has 1 heterocycles. The van der Waals surface area contributed by atoms with Crippen LogP contribution >= 0.6 is 0 Å². The van der Waals surface area contributed by atoms with E-state index in [1.807, 2.05) is 19.0 Å². The standard InChI is InChI=1S/C11H18N2O/c1-12(2)11(14)13-7-5-10(6-8-13)9-3-4-9/h3-8H2,1-2H3. The number of hydrogen-bond donors (Lipinski definition) is 0. The Morgan fingerprint density at radius 1 is 1.07 bits per heavy atom. The zero-order valence-electron chi connectivity index (χ0n) is 9.05. The number of allylic oxidation sites excluding steroid dienone is 1. The molecule has 0 radical (unpaired) electrons. The zero-order valence-corrected chi connectivity index (χ0v) is 9.05. The second-order valence-corrected chi connectivity index (χ2v) is 4.37. The molecule has 2 amide bonds. The zero-order chi connectivity index (χ0) is 10.1. The third kappa shape index (κ3) is 1.91. The van der Waals surface area contributed by atoms with Gasteiger partial charge in [-0.15, -0.1) is 0 Å². The van der Waals surface area contributed by atoms with Crippen molar-refractivity contribution in [3.8, 4) is 0 Å². The Balaban J connectivity index is 1.89. The van der Waals surface area contributed by atoms with E-state index in [4.69, 9.17) is 0 Å². The molecule has 3 heteroatoms. The summed E-state index contributed by atoms with van der Waals surface area (Å²) in [6, 6.07) is 0.157. The van der Waals surface area contributed by atoms with Gasteiger partial charge in [-0.3, -0.25) is 0 Å². The lowest BCUT2D eigenvalue weighted by atomic mass is 10.0. The van der Waals surface area contributed by atoms with Crippen LogP contribution in [0.25, 0.3) is 0 Å². The maximum Gasteiger partial charge on any atom is 0.319 e. The van der Waals surface area contributed by atoms with Crippen LogP contribution in [0.1, 0.15) is 25.7 Å². The Labute approximate surface area is 85.4 Å². The fraction of sp³-hybridized carbons (Fsp3) is 0.727. The lowest BCUT2D eigenvalue weighted by molar-refractivity contribution is 0.167. The molecule has 78 valence electrons. The molecule has 1 aliphatic carbocycles. The van der Waals surface area contributed by atoms with Crippen LogP contribution in [-0.2, 0) is 0 Å². The highest BCUT2D eigenvalue weighted by atomic mass is 16.2. The van der Waals surface area contributed by atoms with Crippen LogP contribution in [0.4, 0.5) is 4.79 Å². The van der Waals surface area contributed by atoms with E-state index < -0.39 is 0 Å². The van der Waals surface area contributed by atoms with E-state index in [1.165, 1.54) is 12.8 Å². The van der Waals surface area contributed by atoms with Crippen molar-refractivity contribution in [2.45, 2.75) is 25.7 Å². The lowest BCUT2D eigenvalue weighted by Gasteiger charge is -2.30. The van der Waals surface area contributed by atoms with Crippen LogP contribution in [0.5, 0.6) is 0 Å². The van der Waals surface area contributed by atoms with Crippen molar-refractivity contribution in [1.82, 2.24) is 9.80 Å². The molecule has 3 nitrogen and oxygen atoms in total. The molecule has 2 fully saturated rings. The van der Waals surface area contributed by atoms with Crippen molar-refractivity contribution in [3.63, 3.8) is 0 Å². The topological polar surface area (TPSA) is 23.6 Å². The van der Waals surface area contributed by atoms with Crippen LogP contribution in [-0.4, -0.2) is 43.0 Å². The Hall–Kier alpha value is -0.990. The van der Waals surface area contributed by atoms with E-state index in [-0.39, 0.29) is 6.03 Å². The Bertz CT molecular complexity index is 265. The lowest BCUT2D eigenvalue weighted by Crippen LogP contribution is -2.42. The largest absolute Gasteiger partial charge is 0.331 e. The Kier molecular flexibility index (Phi) is 2.48. The molecule has 0 aromatic rings. The number of carbonyl (C=O) groups is 1. The van der Waals surface area contributed by atoms with Crippen LogP contribution in [0.15, 0.2) is 11.1 Å². The summed E-state index contributed by atoms with van der Waals surface area (Å²) in [5.74, 6) is 0. The number of likely N-dealkylation sites (tertiary alicyclic amines) is 1. The molecule has 0 aromatic heterocycles. The van der Waals surface area contributed by atoms with Gasteiger partial charge in [-0.05, 0) is 25.7 Å². The fourth-order valence-electron chi connectivity index (χ4n) is 2.02. The normalized spacial score (nSPS) is 21.1. The van der Waals surface area contributed by atoms with Crippen LogP contribution in [0.2, 0.25) is 0 Å². The average molecular weight is 194 g/mol. The maximum absolute atomic E-state index is 11.6. The highest BCUT2D eigenvalue weighted by molar-refractivity contribution is 5.74. The number of carbonyl (C=O) groups excluding carboxylic acids is 1. The van der Waals surface area contributed by atoms with Crippen molar-refractivity contribution >= 4 is 6.03 Å². The summed E-state index contributed by atoms with van der Waals surface area (Å²) >= 11 is 0. The van der Waals surface area contributed by atoms with Gasteiger partial charge in [-0.2, -0.15) is 0 Å². The van der Waals surface area contributed by atoms with Gasteiger partial charge in [0.15, 0.2) is 0 Å². The summed E-state index contributed by atoms with van der Waals surface area (Å²) in [7, 11) is 3.63. The van der Waals surface area contributed by atoms with Gasteiger partial charge < -0.3 is 9.80 Å². The minimum Gasteiger partial charge on any atom is -0.331 e. The van der Waals surface area contributed by atoms with E-state index in [0.29, 0.717) is 0 Å². The fourth-order valence-corrected chi connectivity index (χ4v) is 2.02. The third-order valence-corrected chi connectivity index (χ3v) is 3.02. The monoisotopic (exact) mass is 194 g/mol. The third-order valence-electron chi connectivity index (χ3n) is 3.02. The first-order chi connectivity index (χ1) is 6.68. The molecule has 14 heavy (non-hydrogen) atoms. The van der Waals surface area contributed by atoms with E-state index in [2.05, 4.69) is 0 Å². The van der Waals surface area contributed by atoms with Crippen molar-refractivity contribution in [2.24, 2.45) is 0 Å². The van der Waals surface area contributed by atoms with Gasteiger partial charge in [0.25, 0.3) is 0 Å². The van der Waals surface area contributed by atoms with Gasteiger partial charge >= 0.3 is 6.03 Å².